The number of nitrogens with zero attached hydrogens (tertiary/aromatic N) is 1. The number of hydrogen-bond donors (Lipinski definition) is 1. The summed E-state index contributed by atoms with van der Waals surface area (Å²) in [6.45, 7) is 5.49. The smallest absolute Gasteiger partial charge is 0.0303 e. The van der Waals surface area contributed by atoms with E-state index in [9.17, 15) is 0 Å². The molecule has 2 heteroatoms. The van der Waals surface area contributed by atoms with Crippen LogP contribution in [-0.4, -0.2) is 11.5 Å². The van der Waals surface area contributed by atoms with Crippen molar-refractivity contribution in [3.63, 3.8) is 0 Å². The molecule has 0 saturated carbocycles. The van der Waals surface area contributed by atoms with Crippen molar-refractivity contribution >= 4 is 0 Å². The summed E-state index contributed by atoms with van der Waals surface area (Å²) in [5.41, 5.74) is 4.03. The van der Waals surface area contributed by atoms with Gasteiger partial charge in [-0.3, -0.25) is 4.98 Å². The molecule has 2 nitrogen and oxygen atoms in total. The second-order valence-electron chi connectivity index (χ2n) is 4.91. The Morgan fingerprint density at radius 1 is 1.16 bits per heavy atom. The summed E-state index contributed by atoms with van der Waals surface area (Å²) >= 11 is 0. The number of aromatic nitrogens is 1. The second kappa shape index (κ2) is 7.05. The SMILES string of the molecule is CCCNC(C)c1ccccc1Cc1cccnc1. The molecule has 0 spiro atoms. The van der Waals surface area contributed by atoms with E-state index in [-0.39, 0.29) is 0 Å². The van der Waals surface area contributed by atoms with Crippen molar-refractivity contribution < 1.29 is 0 Å². The molecule has 0 bridgehead atoms. The lowest BCUT2D eigenvalue weighted by Crippen LogP contribution is -2.20. The Balaban J connectivity index is 2.16. The first-order chi connectivity index (χ1) is 9.31. The molecule has 0 saturated heterocycles. The maximum Gasteiger partial charge on any atom is 0.0303 e. The highest BCUT2D eigenvalue weighted by Gasteiger charge is 2.09. The molecule has 0 fully saturated rings. The Kier molecular flexibility index (Phi) is 5.10. The normalized spacial score (nSPS) is 12.3. The Labute approximate surface area is 115 Å². The molecule has 0 aliphatic carbocycles. The number of nitrogens with one attached hydrogen (secondary N) is 1. The van der Waals surface area contributed by atoms with Crippen LogP contribution in [0, 0.1) is 0 Å². The summed E-state index contributed by atoms with van der Waals surface area (Å²) < 4.78 is 0. The van der Waals surface area contributed by atoms with Gasteiger partial charge in [0.25, 0.3) is 0 Å². The lowest BCUT2D eigenvalue weighted by molar-refractivity contribution is 0.567. The van der Waals surface area contributed by atoms with Crippen LogP contribution in [0.2, 0.25) is 0 Å². The predicted molar refractivity (Wildman–Crippen MR) is 80.2 cm³/mol. The standard InChI is InChI=1S/C17H22N2/c1-3-10-19-14(2)17-9-5-4-8-16(17)12-15-7-6-11-18-13-15/h4-9,11,13-14,19H,3,10,12H2,1-2H3. The van der Waals surface area contributed by atoms with Gasteiger partial charge in [0.2, 0.25) is 0 Å². The summed E-state index contributed by atoms with van der Waals surface area (Å²) in [5, 5.41) is 3.56. The van der Waals surface area contributed by atoms with E-state index < -0.39 is 0 Å². The van der Waals surface area contributed by atoms with Crippen molar-refractivity contribution in [2.75, 3.05) is 6.54 Å². The fraction of sp³-hybridized carbons (Fsp3) is 0.353. The van der Waals surface area contributed by atoms with Crippen LogP contribution in [0.4, 0.5) is 0 Å². The maximum atomic E-state index is 4.19. The van der Waals surface area contributed by atoms with Gasteiger partial charge < -0.3 is 5.32 Å². The number of hydrogen-bond acceptors (Lipinski definition) is 2. The second-order valence-corrected chi connectivity index (χ2v) is 4.91. The van der Waals surface area contributed by atoms with E-state index in [1.807, 2.05) is 18.5 Å². The molecular formula is C17H22N2. The van der Waals surface area contributed by atoms with Crippen molar-refractivity contribution in [3.8, 4) is 0 Å². The Morgan fingerprint density at radius 2 is 2.00 bits per heavy atom. The van der Waals surface area contributed by atoms with E-state index in [2.05, 4.69) is 54.5 Å². The molecule has 0 radical (unpaired) electrons. The van der Waals surface area contributed by atoms with Crippen LogP contribution in [-0.2, 0) is 6.42 Å². The third-order valence-corrected chi connectivity index (χ3v) is 3.34. The van der Waals surface area contributed by atoms with Gasteiger partial charge in [-0.1, -0.05) is 37.3 Å². The number of pyridine rings is 1. The largest absolute Gasteiger partial charge is 0.310 e. The van der Waals surface area contributed by atoms with E-state index in [0.29, 0.717) is 6.04 Å². The molecular weight excluding hydrogens is 232 g/mol. The maximum absolute atomic E-state index is 4.19. The molecule has 0 aliphatic rings. The van der Waals surface area contributed by atoms with Crippen LogP contribution in [0.1, 0.15) is 43.0 Å². The molecule has 19 heavy (non-hydrogen) atoms. The first-order valence-electron chi connectivity index (χ1n) is 7.01. The lowest BCUT2D eigenvalue weighted by atomic mass is 9.96. The van der Waals surface area contributed by atoms with Gasteiger partial charge in [-0.2, -0.15) is 0 Å². The van der Waals surface area contributed by atoms with E-state index in [4.69, 9.17) is 0 Å². The zero-order valence-electron chi connectivity index (χ0n) is 11.8. The van der Waals surface area contributed by atoms with E-state index in [0.717, 1.165) is 19.4 Å². The van der Waals surface area contributed by atoms with Crippen molar-refractivity contribution in [1.29, 1.82) is 0 Å². The van der Waals surface area contributed by atoms with Crippen LogP contribution in [0.3, 0.4) is 0 Å². The highest BCUT2D eigenvalue weighted by Crippen LogP contribution is 2.20. The summed E-state index contributed by atoms with van der Waals surface area (Å²) in [6.07, 6.45) is 5.87. The van der Waals surface area contributed by atoms with Gasteiger partial charge in [-0.05, 0) is 49.1 Å². The van der Waals surface area contributed by atoms with E-state index in [1.54, 1.807) is 0 Å². The summed E-state index contributed by atoms with van der Waals surface area (Å²) in [5.74, 6) is 0. The zero-order valence-corrected chi connectivity index (χ0v) is 11.8. The molecule has 0 amide bonds. The topological polar surface area (TPSA) is 24.9 Å². The quantitative estimate of drug-likeness (QED) is 0.849. The average molecular weight is 254 g/mol. The third-order valence-electron chi connectivity index (χ3n) is 3.34. The molecule has 1 heterocycles. The van der Waals surface area contributed by atoms with Crippen LogP contribution < -0.4 is 5.32 Å². The molecule has 1 N–H and O–H groups in total. The first kappa shape index (κ1) is 13.8. The summed E-state index contributed by atoms with van der Waals surface area (Å²) in [4.78, 5) is 4.19. The third kappa shape index (κ3) is 3.90. The van der Waals surface area contributed by atoms with Crippen molar-refractivity contribution in [2.45, 2.75) is 32.7 Å². The summed E-state index contributed by atoms with van der Waals surface area (Å²) in [6, 6.07) is 13.2. The van der Waals surface area contributed by atoms with Crippen LogP contribution in [0.15, 0.2) is 48.8 Å². The van der Waals surface area contributed by atoms with Crippen molar-refractivity contribution in [2.24, 2.45) is 0 Å². The minimum absolute atomic E-state index is 0.396. The zero-order chi connectivity index (χ0) is 13.5. The molecule has 2 aromatic rings. The highest BCUT2D eigenvalue weighted by atomic mass is 14.9. The Morgan fingerprint density at radius 3 is 2.74 bits per heavy atom. The average Bonchev–Trinajstić information content (AvgIpc) is 2.46. The molecule has 0 aliphatic heterocycles. The molecule has 1 aromatic carbocycles. The fourth-order valence-corrected chi connectivity index (χ4v) is 2.31. The van der Waals surface area contributed by atoms with Crippen LogP contribution in [0.5, 0.6) is 0 Å². The minimum Gasteiger partial charge on any atom is -0.310 e. The number of rotatable bonds is 6. The fourth-order valence-electron chi connectivity index (χ4n) is 2.31. The van der Waals surface area contributed by atoms with Crippen molar-refractivity contribution in [1.82, 2.24) is 10.3 Å². The van der Waals surface area contributed by atoms with E-state index in [1.165, 1.54) is 16.7 Å². The monoisotopic (exact) mass is 254 g/mol. The highest BCUT2D eigenvalue weighted by molar-refractivity contribution is 5.33. The minimum atomic E-state index is 0.396. The van der Waals surface area contributed by atoms with Gasteiger partial charge in [0, 0.05) is 18.4 Å². The lowest BCUT2D eigenvalue weighted by Gasteiger charge is -2.17. The molecule has 1 unspecified atom stereocenters. The molecule has 100 valence electrons. The van der Waals surface area contributed by atoms with Gasteiger partial charge in [-0.25, -0.2) is 0 Å². The van der Waals surface area contributed by atoms with E-state index >= 15 is 0 Å². The van der Waals surface area contributed by atoms with Gasteiger partial charge in [0.05, 0.1) is 0 Å². The molecule has 2 rings (SSSR count). The summed E-state index contributed by atoms with van der Waals surface area (Å²) in [7, 11) is 0. The van der Waals surface area contributed by atoms with Gasteiger partial charge in [-0.15, -0.1) is 0 Å². The predicted octanol–water partition coefficient (Wildman–Crippen LogP) is 3.73. The van der Waals surface area contributed by atoms with Crippen LogP contribution in [0.25, 0.3) is 0 Å². The van der Waals surface area contributed by atoms with Crippen LogP contribution >= 0.6 is 0 Å². The first-order valence-corrected chi connectivity index (χ1v) is 7.01. The Hall–Kier alpha value is -1.67. The molecule has 1 atom stereocenters. The van der Waals surface area contributed by atoms with Gasteiger partial charge in [0.15, 0.2) is 0 Å². The molecule has 1 aromatic heterocycles. The van der Waals surface area contributed by atoms with Gasteiger partial charge >= 0.3 is 0 Å². The number of benzene rings is 1. The Bertz CT molecular complexity index is 494. The van der Waals surface area contributed by atoms with Crippen molar-refractivity contribution in [3.05, 3.63) is 65.5 Å². The van der Waals surface area contributed by atoms with Gasteiger partial charge in [0.1, 0.15) is 0 Å².